The number of hydrogen-bond acceptors (Lipinski definition) is 3. The Bertz CT molecular complexity index is 527. The van der Waals surface area contributed by atoms with Crippen LogP contribution in [0.25, 0.3) is 0 Å². The summed E-state index contributed by atoms with van der Waals surface area (Å²) in [4.78, 5) is 11.8. The number of ether oxygens (including phenoxy) is 1. The number of benzene rings is 2. The van der Waals surface area contributed by atoms with Crippen LogP contribution < -0.4 is 4.74 Å². The van der Waals surface area contributed by atoms with Crippen LogP contribution in [-0.2, 0) is 6.61 Å². The normalized spacial score (nSPS) is 10.1. The first kappa shape index (κ1) is 12.3. The number of aryl methyl sites for hydroxylation is 1. The molecule has 0 bridgehead atoms. The lowest BCUT2D eigenvalue weighted by Gasteiger charge is -2.05. The molecule has 0 aliphatic rings. The van der Waals surface area contributed by atoms with Crippen molar-refractivity contribution in [1.29, 1.82) is 0 Å². The zero-order valence-electron chi connectivity index (χ0n) is 10.1. The standard InChI is InChI=1S/C15H14O3/c1-11-2-6-13(7-3-11)15(17)18-14-8-4-12(10-16)5-9-14/h2-9,16H,10H2,1H3. The Balaban J connectivity index is 2.08. The minimum Gasteiger partial charge on any atom is -0.423 e. The molecule has 0 radical (unpaired) electrons. The average Bonchev–Trinajstić information content (AvgIpc) is 2.40. The highest BCUT2D eigenvalue weighted by Gasteiger charge is 2.07. The molecule has 0 aliphatic heterocycles. The van der Waals surface area contributed by atoms with Gasteiger partial charge in [0.25, 0.3) is 0 Å². The van der Waals surface area contributed by atoms with Gasteiger partial charge in [0.1, 0.15) is 5.75 Å². The molecule has 2 aromatic carbocycles. The molecule has 0 unspecified atom stereocenters. The van der Waals surface area contributed by atoms with Crippen LogP contribution in [-0.4, -0.2) is 11.1 Å². The molecule has 2 aromatic rings. The molecule has 0 aromatic heterocycles. The van der Waals surface area contributed by atoms with Crippen LogP contribution in [0.4, 0.5) is 0 Å². The summed E-state index contributed by atoms with van der Waals surface area (Å²) in [7, 11) is 0. The van der Waals surface area contributed by atoms with E-state index >= 15 is 0 Å². The number of rotatable bonds is 3. The Kier molecular flexibility index (Phi) is 3.75. The fourth-order valence-electron chi connectivity index (χ4n) is 1.52. The smallest absolute Gasteiger partial charge is 0.343 e. The summed E-state index contributed by atoms with van der Waals surface area (Å²) >= 11 is 0. The number of carbonyl (C=O) groups is 1. The molecule has 2 rings (SSSR count). The third-order valence-corrected chi connectivity index (χ3v) is 2.60. The maximum absolute atomic E-state index is 11.8. The Morgan fingerprint density at radius 3 is 2.22 bits per heavy atom. The lowest BCUT2D eigenvalue weighted by atomic mass is 10.1. The molecule has 0 spiro atoms. The highest BCUT2D eigenvalue weighted by atomic mass is 16.5. The second-order valence-corrected chi connectivity index (χ2v) is 4.06. The summed E-state index contributed by atoms with van der Waals surface area (Å²) < 4.78 is 5.22. The summed E-state index contributed by atoms with van der Waals surface area (Å²) in [5, 5.41) is 8.91. The van der Waals surface area contributed by atoms with Crippen LogP contribution in [0.15, 0.2) is 48.5 Å². The lowest BCUT2D eigenvalue weighted by Crippen LogP contribution is -2.08. The molecule has 3 heteroatoms. The summed E-state index contributed by atoms with van der Waals surface area (Å²) in [5.74, 6) is 0.0875. The van der Waals surface area contributed by atoms with Gasteiger partial charge in [0.2, 0.25) is 0 Å². The van der Waals surface area contributed by atoms with E-state index < -0.39 is 0 Å². The van der Waals surface area contributed by atoms with Gasteiger partial charge in [0.05, 0.1) is 12.2 Å². The molecule has 0 heterocycles. The van der Waals surface area contributed by atoms with Gasteiger partial charge >= 0.3 is 5.97 Å². The third kappa shape index (κ3) is 2.96. The number of hydrogen-bond donors (Lipinski definition) is 1. The van der Waals surface area contributed by atoms with Crippen molar-refractivity contribution in [3.63, 3.8) is 0 Å². The van der Waals surface area contributed by atoms with E-state index in [0.29, 0.717) is 11.3 Å². The van der Waals surface area contributed by atoms with Crippen LogP contribution in [0.2, 0.25) is 0 Å². The third-order valence-electron chi connectivity index (χ3n) is 2.60. The van der Waals surface area contributed by atoms with Crippen molar-refractivity contribution in [1.82, 2.24) is 0 Å². The number of aliphatic hydroxyl groups excluding tert-OH is 1. The molecule has 92 valence electrons. The molecule has 1 N–H and O–H groups in total. The van der Waals surface area contributed by atoms with Gasteiger partial charge in [0.15, 0.2) is 0 Å². The average molecular weight is 242 g/mol. The number of aliphatic hydroxyl groups is 1. The van der Waals surface area contributed by atoms with Gasteiger partial charge < -0.3 is 9.84 Å². The second kappa shape index (κ2) is 5.47. The number of carbonyl (C=O) groups excluding carboxylic acids is 1. The van der Waals surface area contributed by atoms with Crippen LogP contribution >= 0.6 is 0 Å². The van der Waals surface area contributed by atoms with Gasteiger partial charge in [-0.15, -0.1) is 0 Å². The molecule has 0 atom stereocenters. The van der Waals surface area contributed by atoms with E-state index in [1.807, 2.05) is 19.1 Å². The fourth-order valence-corrected chi connectivity index (χ4v) is 1.52. The number of esters is 1. The SMILES string of the molecule is Cc1ccc(C(=O)Oc2ccc(CO)cc2)cc1. The Morgan fingerprint density at radius 2 is 1.67 bits per heavy atom. The van der Waals surface area contributed by atoms with Crippen molar-refractivity contribution in [3.05, 3.63) is 65.2 Å². The Hall–Kier alpha value is -2.13. The largest absolute Gasteiger partial charge is 0.423 e. The van der Waals surface area contributed by atoms with E-state index in [2.05, 4.69) is 0 Å². The van der Waals surface area contributed by atoms with Crippen molar-refractivity contribution in [2.45, 2.75) is 13.5 Å². The van der Waals surface area contributed by atoms with E-state index in [1.165, 1.54) is 0 Å². The van der Waals surface area contributed by atoms with E-state index in [0.717, 1.165) is 11.1 Å². The van der Waals surface area contributed by atoms with Gasteiger partial charge in [-0.1, -0.05) is 29.8 Å². The minimum absolute atomic E-state index is 0.0216. The summed E-state index contributed by atoms with van der Waals surface area (Å²) in [6, 6.07) is 14.0. The monoisotopic (exact) mass is 242 g/mol. The summed E-state index contributed by atoms with van der Waals surface area (Å²) in [6.07, 6.45) is 0. The minimum atomic E-state index is -0.383. The fraction of sp³-hybridized carbons (Fsp3) is 0.133. The molecule has 0 saturated carbocycles. The first-order chi connectivity index (χ1) is 8.69. The Labute approximate surface area is 106 Å². The molecule has 18 heavy (non-hydrogen) atoms. The Morgan fingerprint density at radius 1 is 1.06 bits per heavy atom. The molecule has 0 aliphatic carbocycles. The van der Waals surface area contributed by atoms with E-state index in [1.54, 1.807) is 36.4 Å². The van der Waals surface area contributed by atoms with Crippen molar-refractivity contribution >= 4 is 5.97 Å². The highest BCUT2D eigenvalue weighted by Crippen LogP contribution is 2.14. The summed E-state index contributed by atoms with van der Waals surface area (Å²) in [5.41, 5.74) is 2.40. The lowest BCUT2D eigenvalue weighted by molar-refractivity contribution is 0.0734. The quantitative estimate of drug-likeness (QED) is 0.665. The van der Waals surface area contributed by atoms with Crippen LogP contribution in [0.1, 0.15) is 21.5 Å². The molecule has 0 saturated heterocycles. The zero-order chi connectivity index (χ0) is 13.0. The van der Waals surface area contributed by atoms with Crippen LogP contribution in [0, 0.1) is 6.92 Å². The van der Waals surface area contributed by atoms with Crippen molar-refractivity contribution in [3.8, 4) is 5.75 Å². The summed E-state index contributed by atoms with van der Waals surface area (Å²) in [6.45, 7) is 1.94. The van der Waals surface area contributed by atoms with Crippen molar-refractivity contribution in [2.24, 2.45) is 0 Å². The molecule has 0 amide bonds. The molecular weight excluding hydrogens is 228 g/mol. The van der Waals surface area contributed by atoms with Crippen molar-refractivity contribution < 1.29 is 14.6 Å². The van der Waals surface area contributed by atoms with E-state index in [-0.39, 0.29) is 12.6 Å². The maximum atomic E-state index is 11.8. The van der Waals surface area contributed by atoms with Gasteiger partial charge in [0, 0.05) is 0 Å². The topological polar surface area (TPSA) is 46.5 Å². The maximum Gasteiger partial charge on any atom is 0.343 e. The second-order valence-electron chi connectivity index (χ2n) is 4.06. The van der Waals surface area contributed by atoms with Gasteiger partial charge in [-0.2, -0.15) is 0 Å². The molecule has 0 fully saturated rings. The predicted molar refractivity (Wildman–Crippen MR) is 68.5 cm³/mol. The van der Waals surface area contributed by atoms with Gasteiger partial charge in [-0.25, -0.2) is 4.79 Å². The molecule has 3 nitrogen and oxygen atoms in total. The molecular formula is C15H14O3. The van der Waals surface area contributed by atoms with E-state index in [4.69, 9.17) is 9.84 Å². The van der Waals surface area contributed by atoms with Gasteiger partial charge in [-0.3, -0.25) is 0 Å². The van der Waals surface area contributed by atoms with Crippen molar-refractivity contribution in [2.75, 3.05) is 0 Å². The van der Waals surface area contributed by atoms with Gasteiger partial charge in [-0.05, 0) is 36.8 Å². The first-order valence-corrected chi connectivity index (χ1v) is 5.67. The van der Waals surface area contributed by atoms with Crippen LogP contribution in [0.3, 0.4) is 0 Å². The zero-order valence-corrected chi connectivity index (χ0v) is 10.1. The highest BCUT2D eigenvalue weighted by molar-refractivity contribution is 5.91. The predicted octanol–water partition coefficient (Wildman–Crippen LogP) is 2.71. The van der Waals surface area contributed by atoms with E-state index in [9.17, 15) is 4.79 Å². The first-order valence-electron chi connectivity index (χ1n) is 5.67. The van der Waals surface area contributed by atoms with Crippen LogP contribution in [0.5, 0.6) is 5.75 Å².